The molecular formula is C13H15BrN2O2. The Bertz CT molecular complexity index is 484. The molecule has 96 valence electrons. The summed E-state index contributed by atoms with van der Waals surface area (Å²) in [6.07, 6.45) is 2.03. The maximum Gasteiger partial charge on any atom is 0.308 e. The second-order valence-corrected chi connectivity index (χ2v) is 5.14. The third-order valence-corrected chi connectivity index (χ3v) is 3.54. The molecule has 18 heavy (non-hydrogen) atoms. The lowest BCUT2D eigenvalue weighted by Crippen LogP contribution is -2.30. The van der Waals surface area contributed by atoms with Crippen LogP contribution in [0.1, 0.15) is 18.5 Å². The fourth-order valence-electron chi connectivity index (χ4n) is 1.96. The van der Waals surface area contributed by atoms with Gasteiger partial charge in [-0.25, -0.2) is 5.01 Å². The Morgan fingerprint density at radius 3 is 2.33 bits per heavy atom. The number of nitrogens with zero attached hydrogens (tertiary/aromatic N) is 2. The van der Waals surface area contributed by atoms with Gasteiger partial charge in [0.15, 0.2) is 0 Å². The van der Waals surface area contributed by atoms with Gasteiger partial charge in [0.05, 0.1) is 6.04 Å². The molecule has 1 atom stereocenters. The van der Waals surface area contributed by atoms with E-state index in [0.29, 0.717) is 5.75 Å². The molecule has 1 unspecified atom stereocenters. The quantitative estimate of drug-likeness (QED) is 0.621. The van der Waals surface area contributed by atoms with Crippen LogP contribution >= 0.6 is 15.9 Å². The highest BCUT2D eigenvalue weighted by molar-refractivity contribution is 9.11. The molecule has 1 aromatic rings. The summed E-state index contributed by atoms with van der Waals surface area (Å²) in [6.45, 7) is 1.40. The minimum atomic E-state index is -0.304. The van der Waals surface area contributed by atoms with Crippen molar-refractivity contribution in [2.75, 3.05) is 14.1 Å². The van der Waals surface area contributed by atoms with Gasteiger partial charge >= 0.3 is 5.97 Å². The molecule has 0 N–H and O–H groups in total. The summed E-state index contributed by atoms with van der Waals surface area (Å²) in [5, 5.41) is 4.14. The highest BCUT2D eigenvalue weighted by Gasteiger charge is 2.28. The Balaban J connectivity index is 2.20. The van der Waals surface area contributed by atoms with Crippen LogP contribution in [0.4, 0.5) is 0 Å². The second kappa shape index (κ2) is 5.12. The number of hydrogen-bond donors (Lipinski definition) is 0. The Morgan fingerprint density at radius 2 is 1.89 bits per heavy atom. The number of halogens is 1. The number of esters is 1. The monoisotopic (exact) mass is 310 g/mol. The van der Waals surface area contributed by atoms with E-state index in [1.165, 1.54) is 6.92 Å². The van der Waals surface area contributed by atoms with Crippen molar-refractivity contribution in [2.24, 2.45) is 0 Å². The minimum Gasteiger partial charge on any atom is -0.427 e. The van der Waals surface area contributed by atoms with E-state index >= 15 is 0 Å². The molecule has 0 aromatic heterocycles. The molecule has 2 rings (SSSR count). The van der Waals surface area contributed by atoms with Crippen molar-refractivity contribution < 1.29 is 9.53 Å². The zero-order chi connectivity index (χ0) is 13.3. The Labute approximate surface area is 115 Å². The molecule has 0 fully saturated rings. The maximum absolute atomic E-state index is 10.8. The van der Waals surface area contributed by atoms with Crippen molar-refractivity contribution in [1.29, 1.82) is 0 Å². The van der Waals surface area contributed by atoms with Gasteiger partial charge in [-0.2, -0.15) is 0 Å². The van der Waals surface area contributed by atoms with E-state index in [1.807, 2.05) is 49.6 Å². The molecular weight excluding hydrogens is 296 g/mol. The summed E-state index contributed by atoms with van der Waals surface area (Å²) in [5.41, 5.74) is 1.14. The summed E-state index contributed by atoms with van der Waals surface area (Å²) >= 11 is 3.57. The lowest BCUT2D eigenvalue weighted by atomic mass is 10.1. The van der Waals surface area contributed by atoms with Gasteiger partial charge in [0.1, 0.15) is 5.75 Å². The van der Waals surface area contributed by atoms with E-state index in [0.717, 1.165) is 10.0 Å². The predicted molar refractivity (Wildman–Crippen MR) is 73.0 cm³/mol. The van der Waals surface area contributed by atoms with Gasteiger partial charge in [-0.1, -0.05) is 28.1 Å². The van der Waals surface area contributed by atoms with Gasteiger partial charge in [0, 0.05) is 31.7 Å². The fraction of sp³-hybridized carbons (Fsp3) is 0.308. The third kappa shape index (κ3) is 2.57. The van der Waals surface area contributed by atoms with Crippen molar-refractivity contribution in [3.8, 4) is 5.75 Å². The van der Waals surface area contributed by atoms with Crippen LogP contribution in [0.15, 0.2) is 34.9 Å². The van der Waals surface area contributed by atoms with Crippen LogP contribution in [-0.4, -0.2) is 30.1 Å². The zero-order valence-corrected chi connectivity index (χ0v) is 12.1. The van der Waals surface area contributed by atoms with Crippen LogP contribution in [-0.2, 0) is 4.79 Å². The van der Waals surface area contributed by atoms with Crippen LogP contribution in [0, 0.1) is 0 Å². The van der Waals surface area contributed by atoms with E-state index in [-0.39, 0.29) is 12.0 Å². The number of hydrazine groups is 1. The number of ether oxygens (including phenoxy) is 1. The predicted octanol–water partition coefficient (Wildman–Crippen LogP) is 2.68. The first-order chi connectivity index (χ1) is 8.49. The average Bonchev–Trinajstić information content (AvgIpc) is 2.54. The standard InChI is InChI=1S/C13H15BrN2O2/c1-9(17)18-11-6-4-10(5-7-11)13-12(14)8-15(2)16(13)3/h4-8,13H,1-3H3. The van der Waals surface area contributed by atoms with Crippen molar-refractivity contribution >= 4 is 21.9 Å². The van der Waals surface area contributed by atoms with Crippen molar-refractivity contribution in [1.82, 2.24) is 10.0 Å². The molecule has 0 saturated carbocycles. The molecule has 0 spiro atoms. The van der Waals surface area contributed by atoms with Gasteiger partial charge in [-0.3, -0.25) is 4.79 Å². The second-order valence-electron chi connectivity index (χ2n) is 4.23. The number of carbonyl (C=O) groups excluding carboxylic acids is 1. The summed E-state index contributed by atoms with van der Waals surface area (Å²) < 4.78 is 6.12. The molecule has 0 aliphatic carbocycles. The number of hydrogen-bond acceptors (Lipinski definition) is 4. The zero-order valence-electron chi connectivity index (χ0n) is 10.6. The Morgan fingerprint density at radius 1 is 1.28 bits per heavy atom. The van der Waals surface area contributed by atoms with Crippen LogP contribution in [0.3, 0.4) is 0 Å². The number of carbonyl (C=O) groups is 1. The molecule has 0 radical (unpaired) electrons. The lowest BCUT2D eigenvalue weighted by Gasteiger charge is -2.27. The first-order valence-electron chi connectivity index (χ1n) is 5.60. The lowest BCUT2D eigenvalue weighted by molar-refractivity contribution is -0.131. The molecule has 5 heteroatoms. The highest BCUT2D eigenvalue weighted by Crippen LogP contribution is 2.37. The molecule has 0 bridgehead atoms. The van der Waals surface area contributed by atoms with E-state index in [2.05, 4.69) is 20.9 Å². The summed E-state index contributed by atoms with van der Waals surface area (Å²) in [6, 6.07) is 7.72. The molecule has 0 saturated heterocycles. The van der Waals surface area contributed by atoms with Gasteiger partial charge in [-0.05, 0) is 17.7 Å². The van der Waals surface area contributed by atoms with Gasteiger partial charge in [0.25, 0.3) is 0 Å². The SMILES string of the molecule is CC(=O)Oc1ccc(C2C(Br)=CN(C)N2C)cc1. The number of likely N-dealkylation sites (N-methyl/N-ethyl adjacent to an activating group) is 1. The van der Waals surface area contributed by atoms with Crippen molar-refractivity contribution in [3.63, 3.8) is 0 Å². The molecule has 1 heterocycles. The van der Waals surface area contributed by atoms with Gasteiger partial charge < -0.3 is 9.75 Å². The molecule has 1 aromatic carbocycles. The number of rotatable bonds is 2. The molecule has 1 aliphatic rings. The van der Waals surface area contributed by atoms with Crippen molar-refractivity contribution in [2.45, 2.75) is 13.0 Å². The Kier molecular flexibility index (Phi) is 3.73. The molecule has 4 nitrogen and oxygen atoms in total. The highest BCUT2D eigenvalue weighted by atomic mass is 79.9. The number of benzene rings is 1. The minimum absolute atomic E-state index is 0.168. The molecule has 0 amide bonds. The largest absolute Gasteiger partial charge is 0.427 e. The summed E-state index contributed by atoms with van der Waals surface area (Å²) in [4.78, 5) is 10.8. The normalized spacial score (nSPS) is 19.9. The van der Waals surface area contributed by atoms with E-state index in [1.54, 1.807) is 0 Å². The smallest absolute Gasteiger partial charge is 0.308 e. The topological polar surface area (TPSA) is 32.8 Å². The summed E-state index contributed by atoms with van der Waals surface area (Å²) in [5.74, 6) is 0.266. The average molecular weight is 311 g/mol. The summed E-state index contributed by atoms with van der Waals surface area (Å²) in [7, 11) is 4.02. The fourth-order valence-corrected chi connectivity index (χ4v) is 2.82. The maximum atomic E-state index is 10.8. The van der Waals surface area contributed by atoms with Crippen LogP contribution in [0.2, 0.25) is 0 Å². The third-order valence-electron chi connectivity index (χ3n) is 2.90. The van der Waals surface area contributed by atoms with E-state index < -0.39 is 0 Å². The van der Waals surface area contributed by atoms with E-state index in [4.69, 9.17) is 4.74 Å². The van der Waals surface area contributed by atoms with E-state index in [9.17, 15) is 4.79 Å². The van der Waals surface area contributed by atoms with Crippen LogP contribution in [0.5, 0.6) is 5.75 Å². The first kappa shape index (κ1) is 13.1. The molecule has 1 aliphatic heterocycles. The van der Waals surface area contributed by atoms with Gasteiger partial charge in [0.2, 0.25) is 0 Å². The van der Waals surface area contributed by atoms with Gasteiger partial charge in [-0.15, -0.1) is 0 Å². The van der Waals surface area contributed by atoms with Crippen molar-refractivity contribution in [3.05, 3.63) is 40.5 Å². The van der Waals surface area contributed by atoms with Crippen LogP contribution < -0.4 is 4.74 Å². The Hall–Kier alpha value is -1.33. The first-order valence-corrected chi connectivity index (χ1v) is 6.39. The van der Waals surface area contributed by atoms with Crippen LogP contribution in [0.25, 0.3) is 0 Å².